The Morgan fingerprint density at radius 3 is 2.88 bits per heavy atom. The van der Waals surface area contributed by atoms with Crippen molar-refractivity contribution >= 4 is 23.4 Å². The number of nitrogens with zero attached hydrogens (tertiary/aromatic N) is 1. The molecular weight excluding hydrogens is 340 g/mol. The topological polar surface area (TPSA) is 58.6 Å². The number of hydrogen-bond acceptors (Lipinski definition) is 3. The molecule has 1 unspecified atom stereocenters. The third-order valence-electron chi connectivity index (χ3n) is 4.25. The van der Waals surface area contributed by atoms with Gasteiger partial charge in [-0.2, -0.15) is 0 Å². The van der Waals surface area contributed by atoms with Crippen LogP contribution >= 0.6 is 11.6 Å². The molecular formula is C19H27ClN2O3. The van der Waals surface area contributed by atoms with E-state index < -0.39 is 0 Å². The lowest BCUT2D eigenvalue weighted by atomic mass is 10.0. The van der Waals surface area contributed by atoms with Crippen molar-refractivity contribution in [3.63, 3.8) is 0 Å². The number of hydrogen-bond donors (Lipinski definition) is 1. The van der Waals surface area contributed by atoms with Gasteiger partial charge in [0.2, 0.25) is 11.8 Å². The maximum absolute atomic E-state index is 12.4. The van der Waals surface area contributed by atoms with E-state index in [0.29, 0.717) is 43.2 Å². The molecule has 0 aromatic heterocycles. The number of amides is 2. The Morgan fingerprint density at radius 2 is 2.12 bits per heavy atom. The highest BCUT2D eigenvalue weighted by Gasteiger charge is 2.24. The summed E-state index contributed by atoms with van der Waals surface area (Å²) in [6.45, 7) is 3.82. The van der Waals surface area contributed by atoms with E-state index in [2.05, 4.69) is 5.32 Å². The Hall–Kier alpha value is -1.75. The van der Waals surface area contributed by atoms with Gasteiger partial charge in [-0.3, -0.25) is 9.59 Å². The number of carbonyl (C=O) groups is 2. The molecule has 0 radical (unpaired) electrons. The SMILES string of the molecule is CCCC(=O)NC1CCCN(C(=O)CCCOc2ccccc2Cl)C1. The predicted molar refractivity (Wildman–Crippen MR) is 98.8 cm³/mol. The zero-order valence-electron chi connectivity index (χ0n) is 14.8. The molecule has 1 fully saturated rings. The first-order valence-corrected chi connectivity index (χ1v) is 9.42. The summed E-state index contributed by atoms with van der Waals surface area (Å²) in [5.41, 5.74) is 0. The van der Waals surface area contributed by atoms with Crippen LogP contribution in [0, 0.1) is 0 Å². The van der Waals surface area contributed by atoms with Crippen molar-refractivity contribution in [2.45, 2.75) is 51.5 Å². The number of likely N-dealkylation sites (tertiary alicyclic amines) is 1. The average Bonchev–Trinajstić information content (AvgIpc) is 2.60. The smallest absolute Gasteiger partial charge is 0.222 e. The summed E-state index contributed by atoms with van der Waals surface area (Å²) in [5, 5.41) is 3.61. The molecule has 2 amide bonds. The van der Waals surface area contributed by atoms with Gasteiger partial charge in [-0.1, -0.05) is 30.7 Å². The minimum Gasteiger partial charge on any atom is -0.492 e. The number of carbonyl (C=O) groups excluding carboxylic acids is 2. The van der Waals surface area contributed by atoms with Crippen LogP contribution in [0.15, 0.2) is 24.3 Å². The fraction of sp³-hybridized carbons (Fsp3) is 0.579. The van der Waals surface area contributed by atoms with E-state index in [1.807, 2.05) is 30.0 Å². The van der Waals surface area contributed by atoms with Crippen LogP contribution in [0.3, 0.4) is 0 Å². The van der Waals surface area contributed by atoms with Crippen molar-refractivity contribution < 1.29 is 14.3 Å². The number of para-hydroxylation sites is 1. The fourth-order valence-corrected chi connectivity index (χ4v) is 3.16. The second-order valence-electron chi connectivity index (χ2n) is 6.38. The molecule has 1 aliphatic heterocycles. The summed E-state index contributed by atoms with van der Waals surface area (Å²) in [7, 11) is 0. The highest BCUT2D eigenvalue weighted by atomic mass is 35.5. The molecule has 1 N–H and O–H groups in total. The number of benzene rings is 1. The second kappa shape index (κ2) is 10.3. The van der Waals surface area contributed by atoms with Crippen molar-refractivity contribution in [1.29, 1.82) is 0 Å². The fourth-order valence-electron chi connectivity index (χ4n) is 2.97. The average molecular weight is 367 g/mol. The Morgan fingerprint density at radius 1 is 1.32 bits per heavy atom. The Bertz CT molecular complexity index is 580. The number of ether oxygens (including phenoxy) is 1. The van der Waals surface area contributed by atoms with Crippen LogP contribution < -0.4 is 10.1 Å². The van der Waals surface area contributed by atoms with Gasteiger partial charge in [0.15, 0.2) is 0 Å². The van der Waals surface area contributed by atoms with Crippen LogP contribution in [-0.4, -0.2) is 42.5 Å². The maximum atomic E-state index is 12.4. The monoisotopic (exact) mass is 366 g/mol. The molecule has 1 heterocycles. The first kappa shape index (κ1) is 19.6. The molecule has 0 saturated carbocycles. The minimum absolute atomic E-state index is 0.0786. The lowest BCUT2D eigenvalue weighted by Crippen LogP contribution is -2.49. The van der Waals surface area contributed by atoms with Crippen LogP contribution in [0.5, 0.6) is 5.75 Å². The first-order valence-electron chi connectivity index (χ1n) is 9.04. The molecule has 6 heteroatoms. The van der Waals surface area contributed by atoms with Crippen molar-refractivity contribution in [2.24, 2.45) is 0 Å². The zero-order chi connectivity index (χ0) is 18.1. The van der Waals surface area contributed by atoms with Crippen molar-refractivity contribution in [3.05, 3.63) is 29.3 Å². The van der Waals surface area contributed by atoms with Crippen molar-refractivity contribution in [1.82, 2.24) is 10.2 Å². The van der Waals surface area contributed by atoms with Crippen LogP contribution in [0.4, 0.5) is 0 Å². The Balaban J connectivity index is 1.69. The van der Waals surface area contributed by atoms with Crippen molar-refractivity contribution in [2.75, 3.05) is 19.7 Å². The molecule has 0 spiro atoms. The summed E-state index contributed by atoms with van der Waals surface area (Å²) in [6.07, 6.45) is 4.34. The zero-order valence-corrected chi connectivity index (χ0v) is 15.6. The van der Waals surface area contributed by atoms with Gasteiger partial charge >= 0.3 is 0 Å². The number of piperidine rings is 1. The van der Waals surface area contributed by atoms with E-state index in [9.17, 15) is 9.59 Å². The second-order valence-corrected chi connectivity index (χ2v) is 6.79. The molecule has 1 saturated heterocycles. The molecule has 0 aliphatic carbocycles. The number of rotatable bonds is 8. The van der Waals surface area contributed by atoms with E-state index in [0.717, 1.165) is 25.8 Å². The molecule has 2 rings (SSSR count). The summed E-state index contributed by atoms with van der Waals surface area (Å²) in [6, 6.07) is 7.40. The molecule has 5 nitrogen and oxygen atoms in total. The maximum Gasteiger partial charge on any atom is 0.222 e. The van der Waals surface area contributed by atoms with Gasteiger partial charge in [-0.25, -0.2) is 0 Å². The largest absolute Gasteiger partial charge is 0.492 e. The molecule has 1 aromatic rings. The van der Waals surface area contributed by atoms with E-state index >= 15 is 0 Å². The summed E-state index contributed by atoms with van der Waals surface area (Å²) < 4.78 is 5.62. The van der Waals surface area contributed by atoms with Crippen LogP contribution in [0.25, 0.3) is 0 Å². The third-order valence-corrected chi connectivity index (χ3v) is 4.56. The van der Waals surface area contributed by atoms with Gasteiger partial charge in [-0.05, 0) is 37.8 Å². The van der Waals surface area contributed by atoms with Gasteiger partial charge in [0.1, 0.15) is 5.75 Å². The van der Waals surface area contributed by atoms with E-state index in [4.69, 9.17) is 16.3 Å². The van der Waals surface area contributed by atoms with Gasteiger partial charge in [0.05, 0.1) is 11.6 Å². The highest BCUT2D eigenvalue weighted by molar-refractivity contribution is 6.32. The van der Waals surface area contributed by atoms with Crippen LogP contribution in [0.1, 0.15) is 45.4 Å². The predicted octanol–water partition coefficient (Wildman–Crippen LogP) is 3.41. The number of halogens is 1. The van der Waals surface area contributed by atoms with E-state index in [1.54, 1.807) is 6.07 Å². The van der Waals surface area contributed by atoms with Gasteiger partial charge in [0.25, 0.3) is 0 Å². The van der Waals surface area contributed by atoms with Crippen LogP contribution in [0.2, 0.25) is 5.02 Å². The third kappa shape index (κ3) is 6.58. The quantitative estimate of drug-likeness (QED) is 0.717. The van der Waals surface area contributed by atoms with E-state index in [-0.39, 0.29) is 17.9 Å². The van der Waals surface area contributed by atoms with Gasteiger partial charge < -0.3 is 15.0 Å². The van der Waals surface area contributed by atoms with Gasteiger partial charge in [-0.15, -0.1) is 0 Å². The summed E-state index contributed by atoms with van der Waals surface area (Å²) in [5.74, 6) is 0.848. The number of nitrogens with one attached hydrogen (secondary N) is 1. The Kier molecular flexibility index (Phi) is 8.06. The van der Waals surface area contributed by atoms with Gasteiger partial charge in [0, 0.05) is 32.0 Å². The molecule has 1 aromatic carbocycles. The van der Waals surface area contributed by atoms with E-state index in [1.165, 1.54) is 0 Å². The summed E-state index contributed by atoms with van der Waals surface area (Å²) in [4.78, 5) is 25.9. The van der Waals surface area contributed by atoms with Crippen molar-refractivity contribution in [3.8, 4) is 5.75 Å². The standard InChI is InChI=1S/C19H27ClN2O3/c1-2-7-18(23)21-15-8-5-12-22(14-15)19(24)11-6-13-25-17-10-4-3-9-16(17)20/h3-4,9-10,15H,2,5-8,11-14H2,1H3,(H,21,23). The molecule has 0 bridgehead atoms. The highest BCUT2D eigenvalue weighted by Crippen LogP contribution is 2.23. The minimum atomic E-state index is 0.0786. The normalized spacial score (nSPS) is 17.2. The Labute approximate surface area is 154 Å². The lowest BCUT2D eigenvalue weighted by molar-refractivity contribution is -0.133. The first-order chi connectivity index (χ1) is 12.1. The molecule has 25 heavy (non-hydrogen) atoms. The molecule has 138 valence electrons. The molecule has 1 aliphatic rings. The molecule has 1 atom stereocenters. The lowest BCUT2D eigenvalue weighted by Gasteiger charge is -2.33. The summed E-state index contributed by atoms with van der Waals surface area (Å²) >= 11 is 6.03. The van der Waals surface area contributed by atoms with Crippen LogP contribution in [-0.2, 0) is 9.59 Å².